The molecule has 2 bridgehead atoms. The van der Waals surface area contributed by atoms with Crippen molar-refractivity contribution in [2.75, 3.05) is 19.6 Å². The summed E-state index contributed by atoms with van der Waals surface area (Å²) < 4.78 is 6.70. The first-order chi connectivity index (χ1) is 18.6. The first kappa shape index (κ1) is 26.9. The second-order valence-electron chi connectivity index (χ2n) is 12.1. The predicted octanol–water partition coefficient (Wildman–Crippen LogP) is 5.14. The molecule has 6 nitrogen and oxygen atoms in total. The van der Waals surface area contributed by atoms with Gasteiger partial charge < -0.3 is 19.8 Å². The molecule has 0 radical (unpaired) electrons. The highest BCUT2D eigenvalue weighted by Crippen LogP contribution is 2.65. The minimum atomic E-state index is -1.03. The van der Waals surface area contributed by atoms with Crippen LogP contribution in [0.4, 0.5) is 0 Å². The number of benzene rings is 2. The molecule has 39 heavy (non-hydrogen) atoms. The number of phenolic OH excluding ortho intramolecular Hbond substituents is 1. The van der Waals surface area contributed by atoms with E-state index in [1.807, 2.05) is 23.1 Å². The van der Waals surface area contributed by atoms with Crippen LogP contribution >= 0.6 is 23.2 Å². The summed E-state index contributed by atoms with van der Waals surface area (Å²) in [6, 6.07) is 8.68. The lowest BCUT2D eigenvalue weighted by Gasteiger charge is -2.64. The van der Waals surface area contributed by atoms with Crippen molar-refractivity contribution in [3.05, 3.63) is 69.7 Å². The molecular weight excluding hydrogens is 535 g/mol. The Morgan fingerprint density at radius 1 is 1.26 bits per heavy atom. The Labute approximate surface area is 240 Å². The number of hydrogen-bond acceptors (Lipinski definition) is 5. The molecule has 2 aromatic rings. The van der Waals surface area contributed by atoms with E-state index in [-0.39, 0.29) is 36.1 Å². The van der Waals surface area contributed by atoms with Gasteiger partial charge in [0.05, 0.1) is 33.5 Å². The van der Waals surface area contributed by atoms with Crippen LogP contribution in [0, 0.1) is 5.92 Å². The van der Waals surface area contributed by atoms with Gasteiger partial charge in [-0.3, -0.25) is 9.69 Å². The fourth-order valence-corrected chi connectivity index (χ4v) is 8.37. The number of hydrogen-bond donors (Lipinski definition) is 2. The Kier molecular flexibility index (Phi) is 6.69. The van der Waals surface area contributed by atoms with Gasteiger partial charge in [0.25, 0.3) is 0 Å². The highest BCUT2D eigenvalue weighted by molar-refractivity contribution is 6.42. The van der Waals surface area contributed by atoms with E-state index >= 15 is 0 Å². The Hall–Kier alpha value is -2.25. The largest absolute Gasteiger partial charge is 0.504 e. The Bertz CT molecular complexity index is 1330. The number of nitrogens with zero attached hydrogens (tertiary/aromatic N) is 2. The minimum absolute atomic E-state index is 0.00520. The van der Waals surface area contributed by atoms with Crippen LogP contribution < -0.4 is 4.74 Å². The van der Waals surface area contributed by atoms with Crippen LogP contribution in [0.3, 0.4) is 0 Å². The smallest absolute Gasteiger partial charge is 0.227 e. The van der Waals surface area contributed by atoms with Gasteiger partial charge in [-0.15, -0.1) is 6.58 Å². The molecule has 1 saturated heterocycles. The second kappa shape index (κ2) is 9.69. The number of aromatic hydroxyl groups is 1. The maximum Gasteiger partial charge on any atom is 0.227 e. The van der Waals surface area contributed by atoms with Gasteiger partial charge in [-0.2, -0.15) is 0 Å². The number of carbonyl (C=O) groups excluding carboxylic acids is 1. The third-order valence-corrected chi connectivity index (χ3v) is 10.3. The maximum atomic E-state index is 14.0. The highest BCUT2D eigenvalue weighted by atomic mass is 35.5. The first-order valence-electron chi connectivity index (χ1n) is 13.9. The van der Waals surface area contributed by atoms with E-state index in [4.69, 9.17) is 27.9 Å². The van der Waals surface area contributed by atoms with Crippen LogP contribution in [0.2, 0.25) is 10.0 Å². The maximum absolute atomic E-state index is 14.0. The average Bonchev–Trinajstić information content (AvgIpc) is 3.24. The average molecular weight is 572 g/mol. The number of piperidine rings is 1. The molecule has 2 aliphatic carbocycles. The van der Waals surface area contributed by atoms with Crippen molar-refractivity contribution in [1.29, 1.82) is 0 Å². The lowest BCUT2D eigenvalue weighted by Crippen LogP contribution is -2.78. The molecule has 1 spiro atoms. The summed E-state index contributed by atoms with van der Waals surface area (Å²) in [5, 5.41) is 24.4. The number of ether oxygens (including phenoxy) is 1. The number of phenols is 1. The van der Waals surface area contributed by atoms with Crippen molar-refractivity contribution in [3.8, 4) is 11.5 Å². The molecule has 8 heteroatoms. The van der Waals surface area contributed by atoms with Gasteiger partial charge in [0.15, 0.2) is 11.5 Å². The molecule has 5 atom stereocenters. The van der Waals surface area contributed by atoms with E-state index in [9.17, 15) is 15.0 Å². The van der Waals surface area contributed by atoms with Gasteiger partial charge in [-0.1, -0.05) is 55.3 Å². The monoisotopic (exact) mass is 570 g/mol. The van der Waals surface area contributed by atoms with Crippen molar-refractivity contribution < 1.29 is 19.7 Å². The molecule has 1 amide bonds. The van der Waals surface area contributed by atoms with E-state index in [1.54, 1.807) is 18.2 Å². The Balaban J connectivity index is 1.42. The molecule has 1 saturated carbocycles. The summed E-state index contributed by atoms with van der Waals surface area (Å²) in [6.07, 6.45) is 4.20. The number of carbonyl (C=O) groups is 1. The van der Waals surface area contributed by atoms with Crippen LogP contribution in [0.15, 0.2) is 43.0 Å². The van der Waals surface area contributed by atoms with Crippen LogP contribution in [0.5, 0.6) is 11.5 Å². The number of rotatable bonds is 7. The molecule has 208 valence electrons. The van der Waals surface area contributed by atoms with Crippen molar-refractivity contribution in [2.45, 2.75) is 75.2 Å². The van der Waals surface area contributed by atoms with E-state index in [1.165, 1.54) is 0 Å². The number of likely N-dealkylation sites (tertiary alicyclic amines) is 1. The van der Waals surface area contributed by atoms with Gasteiger partial charge >= 0.3 is 0 Å². The number of halogens is 2. The van der Waals surface area contributed by atoms with Crippen LogP contribution in [0.25, 0.3) is 0 Å². The zero-order chi connectivity index (χ0) is 27.7. The fourth-order valence-electron chi connectivity index (χ4n) is 8.05. The van der Waals surface area contributed by atoms with Crippen molar-refractivity contribution >= 4 is 29.1 Å². The van der Waals surface area contributed by atoms with Gasteiger partial charge in [0.2, 0.25) is 5.91 Å². The van der Waals surface area contributed by atoms with Crippen LogP contribution in [0.1, 0.15) is 49.8 Å². The van der Waals surface area contributed by atoms with E-state index in [0.717, 1.165) is 23.2 Å². The number of aliphatic hydroxyl groups is 1. The van der Waals surface area contributed by atoms with Crippen molar-refractivity contribution in [1.82, 2.24) is 9.80 Å². The standard InChI is InChI=1S/C31H36Cl2N2O4/c1-4-12-34-13-11-30-27-20-6-8-24(36)28(27)39-29(30)23(9-10-31(30,38)25(34)16-20)35(17-18(2)3)26(37)15-19-5-7-21(32)22(33)14-19/h4-8,14,18,23,25,29,36,38H,1,9-13,15-17H2,2-3H3/t23?,25-,29?,30+,31-/m1/s1. The fraction of sp³-hybridized carbons (Fsp3) is 0.516. The molecule has 2 aromatic carbocycles. The third-order valence-electron chi connectivity index (χ3n) is 9.53. The molecule has 6 rings (SSSR count). The summed E-state index contributed by atoms with van der Waals surface area (Å²) in [5.41, 5.74) is 1.15. The second-order valence-corrected chi connectivity index (χ2v) is 12.9. The lowest BCUT2D eigenvalue weighted by molar-refractivity contribution is -0.200. The molecule has 4 aliphatic rings. The van der Waals surface area contributed by atoms with Crippen LogP contribution in [-0.2, 0) is 23.1 Å². The predicted molar refractivity (Wildman–Crippen MR) is 153 cm³/mol. The van der Waals surface area contributed by atoms with Gasteiger partial charge in [0.1, 0.15) is 6.10 Å². The summed E-state index contributed by atoms with van der Waals surface area (Å²) in [7, 11) is 0. The van der Waals surface area contributed by atoms with E-state index in [2.05, 4.69) is 25.3 Å². The van der Waals surface area contributed by atoms with Gasteiger partial charge in [-0.05, 0) is 67.5 Å². The Morgan fingerprint density at radius 3 is 2.77 bits per heavy atom. The number of amides is 1. The molecule has 2 unspecified atom stereocenters. The van der Waals surface area contributed by atoms with E-state index < -0.39 is 17.1 Å². The van der Waals surface area contributed by atoms with Gasteiger partial charge in [-0.25, -0.2) is 0 Å². The van der Waals surface area contributed by atoms with Crippen molar-refractivity contribution in [2.24, 2.45) is 5.92 Å². The third kappa shape index (κ3) is 3.93. The zero-order valence-corrected chi connectivity index (χ0v) is 24.0. The molecular formula is C31H36Cl2N2O4. The summed E-state index contributed by atoms with van der Waals surface area (Å²) in [4.78, 5) is 18.3. The molecule has 2 fully saturated rings. The van der Waals surface area contributed by atoms with Crippen molar-refractivity contribution in [3.63, 3.8) is 0 Å². The Morgan fingerprint density at radius 2 is 2.05 bits per heavy atom. The summed E-state index contributed by atoms with van der Waals surface area (Å²) in [6.45, 7) is 10.2. The normalized spacial score (nSPS) is 30.6. The van der Waals surface area contributed by atoms with Crippen LogP contribution in [-0.4, -0.2) is 69.3 Å². The minimum Gasteiger partial charge on any atom is -0.504 e. The molecule has 0 aromatic heterocycles. The molecule has 2 heterocycles. The van der Waals surface area contributed by atoms with E-state index in [0.29, 0.717) is 54.6 Å². The summed E-state index contributed by atoms with van der Waals surface area (Å²) >= 11 is 12.4. The van der Waals surface area contributed by atoms with Gasteiger partial charge in [0, 0.05) is 24.7 Å². The lowest BCUT2D eigenvalue weighted by atomic mass is 9.48. The first-order valence-corrected chi connectivity index (χ1v) is 14.7. The zero-order valence-electron chi connectivity index (χ0n) is 22.5. The topological polar surface area (TPSA) is 73.2 Å². The highest BCUT2D eigenvalue weighted by Gasteiger charge is 2.73. The quantitative estimate of drug-likeness (QED) is 0.451. The summed E-state index contributed by atoms with van der Waals surface area (Å²) in [5.74, 6) is 0.819. The molecule has 2 N–H and O–H groups in total. The SMILES string of the molecule is C=CCN1CC[C@]23c4c5ccc(O)c4OC2C(N(CC(C)C)C(=O)Cc2ccc(Cl)c(Cl)c2)CC[C@@]3(O)[C@H]1C5. The molecule has 2 aliphatic heterocycles.